The van der Waals surface area contributed by atoms with Gasteiger partial charge >= 0.3 is 6.09 Å². The molecule has 0 saturated carbocycles. The molecule has 0 N–H and O–H groups in total. The van der Waals surface area contributed by atoms with Crippen molar-refractivity contribution in [2.45, 2.75) is 26.4 Å². The highest BCUT2D eigenvalue weighted by atomic mass is 35.5. The second kappa shape index (κ2) is 6.97. The van der Waals surface area contributed by atoms with Crippen LogP contribution in [0.25, 0.3) is 0 Å². The number of anilines is 1. The van der Waals surface area contributed by atoms with Gasteiger partial charge in [0.25, 0.3) is 5.91 Å². The van der Waals surface area contributed by atoms with E-state index in [9.17, 15) is 14.0 Å². The van der Waals surface area contributed by atoms with Crippen LogP contribution in [0.15, 0.2) is 42.6 Å². The van der Waals surface area contributed by atoms with Crippen molar-refractivity contribution in [3.05, 3.63) is 59.1 Å². The van der Waals surface area contributed by atoms with E-state index in [2.05, 4.69) is 4.98 Å². The molecule has 7 heteroatoms. The van der Waals surface area contributed by atoms with Gasteiger partial charge in [-0.05, 0) is 57.2 Å². The third-order valence-electron chi connectivity index (χ3n) is 2.84. The van der Waals surface area contributed by atoms with Gasteiger partial charge in [0.15, 0.2) is 0 Å². The summed E-state index contributed by atoms with van der Waals surface area (Å²) in [6, 6.07) is 7.83. The molecule has 2 rings (SSSR count). The van der Waals surface area contributed by atoms with Crippen molar-refractivity contribution in [3.8, 4) is 0 Å². The second-order valence-corrected chi connectivity index (χ2v) is 6.35. The van der Waals surface area contributed by atoms with E-state index in [1.807, 2.05) is 0 Å². The summed E-state index contributed by atoms with van der Waals surface area (Å²) in [5.41, 5.74) is -0.464. The number of ether oxygens (including phenoxy) is 1. The van der Waals surface area contributed by atoms with Gasteiger partial charge < -0.3 is 4.74 Å². The Balaban J connectivity index is 2.41. The van der Waals surface area contributed by atoms with Crippen LogP contribution in [0.3, 0.4) is 0 Å². The number of halogens is 2. The third-order valence-corrected chi connectivity index (χ3v) is 3.06. The third kappa shape index (κ3) is 4.52. The molecule has 0 spiro atoms. The van der Waals surface area contributed by atoms with E-state index in [-0.39, 0.29) is 16.4 Å². The first-order chi connectivity index (χ1) is 11.2. The molecule has 1 heterocycles. The summed E-state index contributed by atoms with van der Waals surface area (Å²) in [5, 5.41) is 0.220. The van der Waals surface area contributed by atoms with Crippen molar-refractivity contribution in [1.29, 1.82) is 0 Å². The maximum Gasteiger partial charge on any atom is 0.422 e. The molecule has 1 aromatic carbocycles. The van der Waals surface area contributed by atoms with Crippen LogP contribution in [-0.4, -0.2) is 22.6 Å². The first kappa shape index (κ1) is 17.9. The molecule has 0 bridgehead atoms. The molecule has 0 fully saturated rings. The van der Waals surface area contributed by atoms with E-state index < -0.39 is 23.4 Å². The van der Waals surface area contributed by atoms with Gasteiger partial charge in [0, 0.05) is 6.20 Å². The average molecular weight is 351 g/mol. The highest BCUT2D eigenvalue weighted by Gasteiger charge is 2.29. The summed E-state index contributed by atoms with van der Waals surface area (Å²) in [6.07, 6.45) is 0.389. The van der Waals surface area contributed by atoms with Crippen LogP contribution in [0.1, 0.15) is 31.1 Å². The van der Waals surface area contributed by atoms with Crippen LogP contribution < -0.4 is 4.90 Å². The molecular formula is C17H16ClFN2O3. The Kier molecular flexibility index (Phi) is 5.19. The average Bonchev–Trinajstić information content (AvgIpc) is 2.48. The summed E-state index contributed by atoms with van der Waals surface area (Å²) in [7, 11) is 0. The van der Waals surface area contributed by atoms with E-state index in [1.54, 1.807) is 20.8 Å². The summed E-state index contributed by atoms with van der Waals surface area (Å²) in [5.74, 6) is -1.14. The van der Waals surface area contributed by atoms with Gasteiger partial charge in [-0.25, -0.2) is 19.1 Å². The smallest absolute Gasteiger partial charge is 0.422 e. The fraction of sp³-hybridized carbons (Fsp3) is 0.235. The Bertz CT molecular complexity index is 740. The number of benzene rings is 1. The van der Waals surface area contributed by atoms with Gasteiger partial charge in [-0.3, -0.25) is 4.79 Å². The zero-order valence-electron chi connectivity index (χ0n) is 13.4. The second-order valence-electron chi connectivity index (χ2n) is 5.97. The number of aromatic nitrogens is 1. The van der Waals surface area contributed by atoms with Gasteiger partial charge in [-0.15, -0.1) is 0 Å². The maximum absolute atomic E-state index is 13.1. The van der Waals surface area contributed by atoms with E-state index in [1.165, 1.54) is 30.5 Å². The molecule has 126 valence electrons. The molecule has 2 amide bonds. The molecule has 1 aromatic heterocycles. The lowest BCUT2D eigenvalue weighted by Gasteiger charge is -2.26. The number of nitrogens with zero attached hydrogens (tertiary/aromatic N) is 2. The highest BCUT2D eigenvalue weighted by molar-refractivity contribution is 6.29. The quantitative estimate of drug-likeness (QED) is 0.750. The molecule has 0 aliphatic carbocycles. The molecule has 0 saturated heterocycles. The first-order valence-electron chi connectivity index (χ1n) is 7.12. The molecule has 0 aliphatic rings. The van der Waals surface area contributed by atoms with E-state index >= 15 is 0 Å². The lowest BCUT2D eigenvalue weighted by molar-refractivity contribution is 0.0564. The van der Waals surface area contributed by atoms with Crippen LogP contribution >= 0.6 is 11.6 Å². The topological polar surface area (TPSA) is 59.5 Å². The van der Waals surface area contributed by atoms with Crippen molar-refractivity contribution in [1.82, 2.24) is 4.98 Å². The Morgan fingerprint density at radius 2 is 1.75 bits per heavy atom. The summed E-state index contributed by atoms with van der Waals surface area (Å²) >= 11 is 5.71. The number of carbonyl (C=O) groups excluding carboxylic acids is 2. The number of pyridine rings is 1. The molecule has 5 nitrogen and oxygen atoms in total. The highest BCUT2D eigenvalue weighted by Crippen LogP contribution is 2.21. The van der Waals surface area contributed by atoms with Crippen molar-refractivity contribution < 1.29 is 18.7 Å². The largest absolute Gasteiger partial charge is 0.443 e. The maximum atomic E-state index is 13.1. The summed E-state index contributed by atoms with van der Waals surface area (Å²) < 4.78 is 18.4. The number of hydrogen-bond donors (Lipinski definition) is 0. The molecular weight excluding hydrogens is 335 g/mol. The number of rotatable bonds is 2. The zero-order valence-corrected chi connectivity index (χ0v) is 14.2. The van der Waals surface area contributed by atoms with Crippen LogP contribution in [0.2, 0.25) is 5.15 Å². The van der Waals surface area contributed by atoms with Crippen LogP contribution in [0.4, 0.5) is 14.9 Å². The zero-order chi connectivity index (χ0) is 17.9. The van der Waals surface area contributed by atoms with Crippen molar-refractivity contribution >= 4 is 29.3 Å². The van der Waals surface area contributed by atoms with Crippen LogP contribution in [0.5, 0.6) is 0 Å². The number of hydrogen-bond acceptors (Lipinski definition) is 4. The Morgan fingerprint density at radius 1 is 1.12 bits per heavy atom. The van der Waals surface area contributed by atoms with Crippen LogP contribution in [-0.2, 0) is 4.74 Å². The van der Waals surface area contributed by atoms with Gasteiger partial charge in [0.05, 0.1) is 11.3 Å². The minimum Gasteiger partial charge on any atom is -0.443 e. The van der Waals surface area contributed by atoms with E-state index in [0.29, 0.717) is 0 Å². The van der Waals surface area contributed by atoms with Gasteiger partial charge in [-0.1, -0.05) is 11.6 Å². The number of amides is 2. The SMILES string of the molecule is CC(C)(C)OC(=O)N(C(=O)c1ccc(Cl)nc1)c1ccc(F)cc1. The Hall–Kier alpha value is -2.47. The lowest BCUT2D eigenvalue weighted by Crippen LogP contribution is -2.41. The molecule has 0 radical (unpaired) electrons. The summed E-state index contributed by atoms with van der Waals surface area (Å²) in [4.78, 5) is 29.8. The standard InChI is InChI=1S/C17H16ClFN2O3/c1-17(2,3)24-16(23)21(13-7-5-12(19)6-8-13)15(22)11-4-9-14(18)20-10-11/h4-10H,1-3H3. The number of imide groups is 1. The molecule has 0 unspecified atom stereocenters. The van der Waals surface area contributed by atoms with Crippen molar-refractivity contribution in [2.24, 2.45) is 0 Å². The van der Waals surface area contributed by atoms with Crippen molar-refractivity contribution in [3.63, 3.8) is 0 Å². The minimum absolute atomic E-state index is 0.148. The van der Waals surface area contributed by atoms with Gasteiger partial charge in [0.2, 0.25) is 0 Å². The summed E-state index contributed by atoms with van der Waals surface area (Å²) in [6.45, 7) is 5.05. The number of carbonyl (C=O) groups is 2. The molecule has 0 aliphatic heterocycles. The van der Waals surface area contributed by atoms with Gasteiger partial charge in [-0.2, -0.15) is 0 Å². The molecule has 2 aromatic rings. The fourth-order valence-corrected chi connectivity index (χ4v) is 1.95. The monoisotopic (exact) mass is 350 g/mol. The predicted octanol–water partition coefficient (Wildman–Crippen LogP) is 4.46. The molecule has 0 atom stereocenters. The van der Waals surface area contributed by atoms with Crippen LogP contribution in [0, 0.1) is 5.82 Å². The fourth-order valence-electron chi connectivity index (χ4n) is 1.83. The van der Waals surface area contributed by atoms with Crippen molar-refractivity contribution in [2.75, 3.05) is 4.90 Å². The normalized spacial score (nSPS) is 11.0. The Morgan fingerprint density at radius 3 is 2.25 bits per heavy atom. The molecule has 24 heavy (non-hydrogen) atoms. The predicted molar refractivity (Wildman–Crippen MR) is 88.7 cm³/mol. The van der Waals surface area contributed by atoms with Gasteiger partial charge in [0.1, 0.15) is 16.6 Å². The van der Waals surface area contributed by atoms with E-state index in [0.717, 1.165) is 17.0 Å². The Labute approximate surface area is 144 Å². The minimum atomic E-state index is -0.867. The lowest BCUT2D eigenvalue weighted by atomic mass is 10.2. The first-order valence-corrected chi connectivity index (χ1v) is 7.50. The van der Waals surface area contributed by atoms with E-state index in [4.69, 9.17) is 16.3 Å².